The highest BCUT2D eigenvalue weighted by Crippen LogP contribution is 2.43. The molecular formula is C23H34F3N5O3. The Kier molecular flexibility index (Phi) is 7.63. The van der Waals surface area contributed by atoms with Crippen molar-refractivity contribution in [2.75, 3.05) is 50.9 Å². The SMILES string of the molecule is CC1COCCC1N[C@@H]1CC[C@](CCO)(C(=O)N2CCN(c3nccc(C(F)(F)F)n3)CC2)C1. The largest absolute Gasteiger partial charge is 0.433 e. The number of aliphatic hydroxyl groups is 1. The predicted molar refractivity (Wildman–Crippen MR) is 119 cm³/mol. The molecule has 1 aliphatic carbocycles. The summed E-state index contributed by atoms with van der Waals surface area (Å²) >= 11 is 0. The van der Waals surface area contributed by atoms with E-state index in [9.17, 15) is 23.1 Å². The molecule has 8 nitrogen and oxygen atoms in total. The fraction of sp³-hybridized carbons (Fsp3) is 0.783. The Labute approximate surface area is 197 Å². The number of hydrogen-bond donors (Lipinski definition) is 2. The number of piperazine rings is 1. The third kappa shape index (κ3) is 5.46. The van der Waals surface area contributed by atoms with Crippen LogP contribution in [0.25, 0.3) is 0 Å². The van der Waals surface area contributed by atoms with Gasteiger partial charge in [-0.25, -0.2) is 9.97 Å². The van der Waals surface area contributed by atoms with E-state index in [1.54, 1.807) is 9.80 Å². The van der Waals surface area contributed by atoms with Crippen LogP contribution in [0.2, 0.25) is 0 Å². The summed E-state index contributed by atoms with van der Waals surface area (Å²) in [6.07, 6.45) is 0.258. The Balaban J connectivity index is 1.37. The number of aromatic nitrogens is 2. The molecule has 190 valence electrons. The lowest BCUT2D eigenvalue weighted by molar-refractivity contribution is -0.143. The molecule has 4 rings (SSSR count). The number of anilines is 1. The van der Waals surface area contributed by atoms with E-state index in [0.717, 1.165) is 44.7 Å². The predicted octanol–water partition coefficient (Wildman–Crippen LogP) is 2.08. The second-order valence-corrected chi connectivity index (χ2v) is 9.83. The maximum atomic E-state index is 13.6. The quantitative estimate of drug-likeness (QED) is 0.638. The number of rotatable bonds is 6. The molecule has 1 saturated carbocycles. The molecule has 4 atom stereocenters. The lowest BCUT2D eigenvalue weighted by Gasteiger charge is -2.40. The van der Waals surface area contributed by atoms with Crippen LogP contribution < -0.4 is 10.2 Å². The fourth-order valence-corrected chi connectivity index (χ4v) is 5.54. The number of nitrogens with zero attached hydrogens (tertiary/aromatic N) is 4. The van der Waals surface area contributed by atoms with Gasteiger partial charge >= 0.3 is 6.18 Å². The third-order valence-corrected chi connectivity index (χ3v) is 7.53. The average molecular weight is 486 g/mol. The van der Waals surface area contributed by atoms with E-state index >= 15 is 0 Å². The lowest BCUT2D eigenvalue weighted by Crippen LogP contribution is -2.54. The summed E-state index contributed by atoms with van der Waals surface area (Å²) in [7, 11) is 0. The molecule has 11 heteroatoms. The van der Waals surface area contributed by atoms with Crippen molar-refractivity contribution in [3.8, 4) is 0 Å². The maximum Gasteiger partial charge on any atom is 0.433 e. The topological polar surface area (TPSA) is 90.8 Å². The molecule has 1 aromatic rings. The van der Waals surface area contributed by atoms with Crippen molar-refractivity contribution in [1.82, 2.24) is 20.2 Å². The van der Waals surface area contributed by atoms with Gasteiger partial charge in [-0.15, -0.1) is 0 Å². The van der Waals surface area contributed by atoms with Gasteiger partial charge in [0, 0.05) is 57.7 Å². The number of carbonyl (C=O) groups is 1. The molecule has 34 heavy (non-hydrogen) atoms. The minimum Gasteiger partial charge on any atom is -0.396 e. The minimum absolute atomic E-state index is 0.0303. The molecule has 0 spiro atoms. The van der Waals surface area contributed by atoms with Crippen LogP contribution in [0.3, 0.4) is 0 Å². The van der Waals surface area contributed by atoms with Gasteiger partial charge in [0.25, 0.3) is 0 Å². The van der Waals surface area contributed by atoms with Crippen LogP contribution in [0.15, 0.2) is 12.3 Å². The number of halogens is 3. The Morgan fingerprint density at radius 3 is 2.74 bits per heavy atom. The summed E-state index contributed by atoms with van der Waals surface area (Å²) < 4.78 is 44.5. The van der Waals surface area contributed by atoms with Gasteiger partial charge in [0.1, 0.15) is 5.69 Å². The first-order valence-corrected chi connectivity index (χ1v) is 12.1. The van der Waals surface area contributed by atoms with Crippen molar-refractivity contribution in [3.05, 3.63) is 18.0 Å². The number of ether oxygens (including phenoxy) is 1. The van der Waals surface area contributed by atoms with E-state index in [2.05, 4.69) is 22.2 Å². The van der Waals surface area contributed by atoms with Crippen LogP contribution >= 0.6 is 0 Å². The molecule has 0 bridgehead atoms. The standard InChI is InChI=1S/C23H34F3N5O3/c1-16-15-34-13-4-18(16)28-17-2-5-22(14-17,6-12-32)20(33)30-8-10-31(11-9-30)21-27-7-3-19(29-21)23(24,25)26/h3,7,16-18,28,32H,2,4-6,8-15H2,1H3/t16?,17-,18?,22-/m1/s1. The fourth-order valence-electron chi connectivity index (χ4n) is 5.54. The van der Waals surface area contributed by atoms with Crippen LogP contribution in [-0.4, -0.2) is 84.0 Å². The van der Waals surface area contributed by atoms with Crippen LogP contribution in [0.4, 0.5) is 19.1 Å². The first-order chi connectivity index (χ1) is 16.2. The van der Waals surface area contributed by atoms with Gasteiger partial charge < -0.3 is 25.0 Å². The number of aliphatic hydroxyl groups excluding tert-OH is 1. The molecule has 2 saturated heterocycles. The maximum absolute atomic E-state index is 13.6. The van der Waals surface area contributed by atoms with Gasteiger partial charge in [-0.3, -0.25) is 4.79 Å². The van der Waals surface area contributed by atoms with Gasteiger partial charge in [-0.1, -0.05) is 6.92 Å². The molecule has 1 aromatic heterocycles. The number of hydrogen-bond acceptors (Lipinski definition) is 7. The summed E-state index contributed by atoms with van der Waals surface area (Å²) in [6, 6.07) is 1.45. The van der Waals surface area contributed by atoms with E-state index in [1.165, 1.54) is 0 Å². The van der Waals surface area contributed by atoms with Crippen LogP contribution in [0.1, 0.15) is 44.7 Å². The van der Waals surface area contributed by atoms with Crippen LogP contribution in [0, 0.1) is 11.3 Å². The van der Waals surface area contributed by atoms with Gasteiger partial charge in [-0.2, -0.15) is 13.2 Å². The second kappa shape index (κ2) is 10.3. The summed E-state index contributed by atoms with van der Waals surface area (Å²) in [4.78, 5) is 24.8. The van der Waals surface area contributed by atoms with Crippen LogP contribution in [0.5, 0.6) is 0 Å². The van der Waals surface area contributed by atoms with Crippen molar-refractivity contribution in [3.63, 3.8) is 0 Å². The average Bonchev–Trinajstić information content (AvgIpc) is 3.23. The monoisotopic (exact) mass is 485 g/mol. The lowest BCUT2D eigenvalue weighted by atomic mass is 9.80. The van der Waals surface area contributed by atoms with Crippen LogP contribution in [-0.2, 0) is 15.7 Å². The highest BCUT2D eigenvalue weighted by molar-refractivity contribution is 5.83. The van der Waals surface area contributed by atoms with E-state index in [1.807, 2.05) is 0 Å². The molecule has 3 heterocycles. The van der Waals surface area contributed by atoms with Crippen molar-refractivity contribution in [2.45, 2.75) is 57.3 Å². The second-order valence-electron chi connectivity index (χ2n) is 9.83. The number of nitrogens with one attached hydrogen (secondary N) is 1. The van der Waals surface area contributed by atoms with Crippen molar-refractivity contribution in [2.24, 2.45) is 11.3 Å². The summed E-state index contributed by atoms with van der Waals surface area (Å²) in [5, 5.41) is 13.5. The van der Waals surface area contributed by atoms with Crippen molar-refractivity contribution in [1.29, 1.82) is 0 Å². The Hall–Kier alpha value is -1.98. The molecule has 2 N–H and O–H groups in total. The van der Waals surface area contributed by atoms with E-state index in [-0.39, 0.29) is 24.5 Å². The molecule has 2 aliphatic heterocycles. The van der Waals surface area contributed by atoms with E-state index < -0.39 is 17.3 Å². The smallest absolute Gasteiger partial charge is 0.396 e. The molecular weight excluding hydrogens is 451 g/mol. The highest BCUT2D eigenvalue weighted by atomic mass is 19.4. The summed E-state index contributed by atoms with van der Waals surface area (Å²) in [5.74, 6) is 0.488. The number of amides is 1. The summed E-state index contributed by atoms with van der Waals surface area (Å²) in [5.41, 5.74) is -1.57. The Morgan fingerprint density at radius 2 is 2.06 bits per heavy atom. The van der Waals surface area contributed by atoms with Crippen molar-refractivity contribution >= 4 is 11.9 Å². The highest BCUT2D eigenvalue weighted by Gasteiger charge is 2.47. The van der Waals surface area contributed by atoms with Gasteiger partial charge in [-0.05, 0) is 44.1 Å². The zero-order chi connectivity index (χ0) is 24.3. The van der Waals surface area contributed by atoms with Gasteiger partial charge in [0.05, 0.1) is 12.0 Å². The zero-order valence-electron chi connectivity index (χ0n) is 19.6. The van der Waals surface area contributed by atoms with Crippen molar-refractivity contribution < 1.29 is 27.8 Å². The molecule has 1 amide bonds. The zero-order valence-corrected chi connectivity index (χ0v) is 19.6. The van der Waals surface area contributed by atoms with E-state index in [0.29, 0.717) is 51.0 Å². The Bertz CT molecular complexity index is 849. The van der Waals surface area contributed by atoms with Gasteiger partial charge in [0.15, 0.2) is 0 Å². The molecule has 2 unspecified atom stereocenters. The van der Waals surface area contributed by atoms with E-state index in [4.69, 9.17) is 4.74 Å². The first kappa shape index (κ1) is 25.1. The molecule has 3 fully saturated rings. The third-order valence-electron chi connectivity index (χ3n) is 7.53. The number of alkyl halides is 3. The number of carbonyl (C=O) groups excluding carboxylic acids is 1. The normalized spacial score (nSPS) is 30.6. The first-order valence-electron chi connectivity index (χ1n) is 12.1. The molecule has 3 aliphatic rings. The Morgan fingerprint density at radius 1 is 1.29 bits per heavy atom. The minimum atomic E-state index is -4.53. The van der Waals surface area contributed by atoms with Gasteiger partial charge in [0.2, 0.25) is 11.9 Å². The molecule has 0 radical (unpaired) electrons. The molecule has 0 aromatic carbocycles. The summed E-state index contributed by atoms with van der Waals surface area (Å²) in [6.45, 7) is 5.12.